The first-order chi connectivity index (χ1) is 11.6. The standard InChI is InChI=1S/C23H21N/c1-16-8-10-17(11-9-16)14-22-20-7-5-4-6-19(20)21-13-12-18(24(2)3)15-23(21)22/h4-15H,1-3H3/b22-14-. The molecular weight excluding hydrogens is 290 g/mol. The molecule has 3 aromatic carbocycles. The third-order valence-corrected chi connectivity index (χ3v) is 4.71. The molecule has 0 unspecified atom stereocenters. The van der Waals surface area contributed by atoms with E-state index in [1.54, 1.807) is 0 Å². The topological polar surface area (TPSA) is 3.24 Å². The van der Waals surface area contributed by atoms with Crippen LogP contribution in [0.5, 0.6) is 0 Å². The maximum atomic E-state index is 2.31. The molecule has 1 aliphatic rings. The Bertz CT molecular complexity index is 931. The molecule has 0 radical (unpaired) electrons. The van der Waals surface area contributed by atoms with Crippen LogP contribution in [0.25, 0.3) is 22.8 Å². The number of anilines is 1. The van der Waals surface area contributed by atoms with Gasteiger partial charge in [-0.2, -0.15) is 0 Å². The third-order valence-electron chi connectivity index (χ3n) is 4.71. The number of fused-ring (bicyclic) bond motifs is 3. The molecule has 3 aromatic rings. The number of rotatable bonds is 2. The van der Waals surface area contributed by atoms with E-state index in [4.69, 9.17) is 0 Å². The van der Waals surface area contributed by atoms with E-state index in [1.165, 1.54) is 44.6 Å². The molecule has 0 heterocycles. The largest absolute Gasteiger partial charge is 0.378 e. The number of hydrogen-bond donors (Lipinski definition) is 0. The Morgan fingerprint density at radius 1 is 0.708 bits per heavy atom. The molecule has 0 bridgehead atoms. The molecule has 0 spiro atoms. The first kappa shape index (κ1) is 14.8. The van der Waals surface area contributed by atoms with Gasteiger partial charge in [-0.3, -0.25) is 0 Å². The average Bonchev–Trinajstić information content (AvgIpc) is 2.90. The van der Waals surface area contributed by atoms with E-state index in [2.05, 4.69) is 98.7 Å². The van der Waals surface area contributed by atoms with Gasteiger partial charge in [-0.15, -0.1) is 0 Å². The Balaban J connectivity index is 1.93. The van der Waals surface area contributed by atoms with Gasteiger partial charge in [-0.05, 0) is 58.5 Å². The predicted molar refractivity (Wildman–Crippen MR) is 104 cm³/mol. The highest BCUT2D eigenvalue weighted by Gasteiger charge is 2.23. The van der Waals surface area contributed by atoms with Crippen LogP contribution in [0.1, 0.15) is 22.3 Å². The lowest BCUT2D eigenvalue weighted by atomic mass is 10.00. The van der Waals surface area contributed by atoms with Crippen molar-refractivity contribution in [2.45, 2.75) is 6.92 Å². The minimum Gasteiger partial charge on any atom is -0.378 e. The molecule has 1 heteroatoms. The van der Waals surface area contributed by atoms with Crippen LogP contribution in [0, 0.1) is 6.92 Å². The molecule has 1 aliphatic carbocycles. The zero-order valence-corrected chi connectivity index (χ0v) is 14.4. The molecule has 0 aliphatic heterocycles. The molecule has 0 saturated heterocycles. The van der Waals surface area contributed by atoms with Crippen molar-refractivity contribution in [1.82, 2.24) is 0 Å². The molecule has 4 rings (SSSR count). The van der Waals surface area contributed by atoms with E-state index < -0.39 is 0 Å². The summed E-state index contributed by atoms with van der Waals surface area (Å²) in [6.45, 7) is 2.13. The fourth-order valence-corrected chi connectivity index (χ4v) is 3.35. The summed E-state index contributed by atoms with van der Waals surface area (Å²) < 4.78 is 0. The minimum atomic E-state index is 1.23. The van der Waals surface area contributed by atoms with Crippen LogP contribution in [0.4, 0.5) is 5.69 Å². The smallest absolute Gasteiger partial charge is 0.0367 e. The van der Waals surface area contributed by atoms with Gasteiger partial charge in [0.25, 0.3) is 0 Å². The molecule has 0 aromatic heterocycles. The Morgan fingerprint density at radius 3 is 2.08 bits per heavy atom. The van der Waals surface area contributed by atoms with Crippen LogP contribution in [-0.2, 0) is 0 Å². The predicted octanol–water partition coefficient (Wildman–Crippen LogP) is 5.63. The molecule has 118 valence electrons. The van der Waals surface area contributed by atoms with Gasteiger partial charge in [0.15, 0.2) is 0 Å². The first-order valence-electron chi connectivity index (χ1n) is 8.33. The van der Waals surface area contributed by atoms with Gasteiger partial charge in [0.05, 0.1) is 0 Å². The van der Waals surface area contributed by atoms with E-state index in [0.717, 1.165) is 0 Å². The van der Waals surface area contributed by atoms with Crippen LogP contribution in [-0.4, -0.2) is 14.1 Å². The van der Waals surface area contributed by atoms with Crippen molar-refractivity contribution in [3.8, 4) is 11.1 Å². The highest BCUT2D eigenvalue weighted by molar-refractivity contribution is 6.07. The number of nitrogens with zero attached hydrogens (tertiary/aromatic N) is 1. The van der Waals surface area contributed by atoms with Crippen LogP contribution in [0.3, 0.4) is 0 Å². The van der Waals surface area contributed by atoms with Crippen molar-refractivity contribution in [3.05, 3.63) is 89.0 Å². The van der Waals surface area contributed by atoms with Crippen molar-refractivity contribution in [2.24, 2.45) is 0 Å². The van der Waals surface area contributed by atoms with Crippen LogP contribution < -0.4 is 4.90 Å². The summed E-state index contributed by atoms with van der Waals surface area (Å²) >= 11 is 0. The number of aryl methyl sites for hydroxylation is 1. The summed E-state index contributed by atoms with van der Waals surface area (Å²) in [5.74, 6) is 0. The van der Waals surface area contributed by atoms with Crippen LogP contribution >= 0.6 is 0 Å². The van der Waals surface area contributed by atoms with E-state index in [1.807, 2.05) is 0 Å². The molecule has 24 heavy (non-hydrogen) atoms. The lowest BCUT2D eigenvalue weighted by Gasteiger charge is -2.14. The van der Waals surface area contributed by atoms with Crippen molar-refractivity contribution in [2.75, 3.05) is 19.0 Å². The molecule has 1 nitrogen and oxygen atoms in total. The summed E-state index contributed by atoms with van der Waals surface area (Å²) in [5, 5.41) is 0. The summed E-state index contributed by atoms with van der Waals surface area (Å²) in [4.78, 5) is 2.16. The highest BCUT2D eigenvalue weighted by Crippen LogP contribution is 2.46. The van der Waals surface area contributed by atoms with E-state index in [9.17, 15) is 0 Å². The van der Waals surface area contributed by atoms with Crippen LogP contribution in [0.15, 0.2) is 66.7 Å². The molecule has 0 N–H and O–H groups in total. The Hall–Kier alpha value is -2.80. The summed E-state index contributed by atoms with van der Waals surface area (Å²) in [5.41, 5.74) is 10.4. The van der Waals surface area contributed by atoms with Crippen molar-refractivity contribution in [3.63, 3.8) is 0 Å². The molecule has 0 fully saturated rings. The number of hydrogen-bond acceptors (Lipinski definition) is 1. The lowest BCUT2D eigenvalue weighted by Crippen LogP contribution is -2.08. The maximum Gasteiger partial charge on any atom is 0.0367 e. The van der Waals surface area contributed by atoms with Gasteiger partial charge in [0, 0.05) is 19.8 Å². The zero-order chi connectivity index (χ0) is 16.7. The maximum absolute atomic E-state index is 2.31. The van der Waals surface area contributed by atoms with Gasteiger partial charge >= 0.3 is 0 Å². The van der Waals surface area contributed by atoms with Crippen molar-refractivity contribution < 1.29 is 0 Å². The minimum absolute atomic E-state index is 1.23. The second-order valence-electron chi connectivity index (χ2n) is 6.64. The molecular formula is C23H21N. The lowest BCUT2D eigenvalue weighted by molar-refractivity contribution is 1.13. The molecule has 0 amide bonds. The fourth-order valence-electron chi connectivity index (χ4n) is 3.35. The van der Waals surface area contributed by atoms with Crippen molar-refractivity contribution in [1.29, 1.82) is 0 Å². The Morgan fingerprint density at radius 2 is 1.38 bits per heavy atom. The van der Waals surface area contributed by atoms with Gasteiger partial charge in [-0.1, -0.05) is 60.2 Å². The second-order valence-corrected chi connectivity index (χ2v) is 6.64. The van der Waals surface area contributed by atoms with E-state index in [0.29, 0.717) is 0 Å². The van der Waals surface area contributed by atoms with Crippen molar-refractivity contribution >= 4 is 17.3 Å². The highest BCUT2D eigenvalue weighted by atomic mass is 15.1. The normalized spacial score (nSPS) is 13.7. The summed E-state index contributed by atoms with van der Waals surface area (Å²) in [7, 11) is 4.18. The SMILES string of the molecule is Cc1ccc(/C=C2/c3ccccc3-c3ccc(N(C)C)cc32)cc1. The fraction of sp³-hybridized carbons (Fsp3) is 0.130. The Labute approximate surface area is 143 Å². The van der Waals surface area contributed by atoms with Gasteiger partial charge in [-0.25, -0.2) is 0 Å². The zero-order valence-electron chi connectivity index (χ0n) is 14.4. The molecule has 0 saturated carbocycles. The van der Waals surface area contributed by atoms with Crippen LogP contribution in [0.2, 0.25) is 0 Å². The monoisotopic (exact) mass is 311 g/mol. The second kappa shape index (κ2) is 5.68. The van der Waals surface area contributed by atoms with E-state index in [-0.39, 0.29) is 0 Å². The number of benzene rings is 3. The molecule has 0 atom stereocenters. The quantitative estimate of drug-likeness (QED) is 0.464. The Kier molecular flexibility index (Phi) is 3.50. The third kappa shape index (κ3) is 2.43. The first-order valence-corrected chi connectivity index (χ1v) is 8.33. The summed E-state index contributed by atoms with van der Waals surface area (Å²) in [6, 6.07) is 24.2. The van der Waals surface area contributed by atoms with Gasteiger partial charge in [0.1, 0.15) is 0 Å². The average molecular weight is 311 g/mol. The van der Waals surface area contributed by atoms with E-state index >= 15 is 0 Å². The van der Waals surface area contributed by atoms with Gasteiger partial charge in [0.2, 0.25) is 0 Å². The summed E-state index contributed by atoms with van der Waals surface area (Å²) in [6.07, 6.45) is 2.31. The van der Waals surface area contributed by atoms with Gasteiger partial charge < -0.3 is 4.90 Å².